The molecule has 0 aliphatic carbocycles. The molecule has 1 aromatic heterocycles. The summed E-state index contributed by atoms with van der Waals surface area (Å²) < 4.78 is 1.12. The van der Waals surface area contributed by atoms with Gasteiger partial charge in [0, 0.05) is 34.5 Å². The van der Waals surface area contributed by atoms with Crippen LogP contribution < -0.4 is 5.32 Å². The zero-order valence-corrected chi connectivity index (χ0v) is 14.7. The van der Waals surface area contributed by atoms with Crippen molar-refractivity contribution in [3.05, 3.63) is 44.7 Å². The minimum absolute atomic E-state index is 0.152. The van der Waals surface area contributed by atoms with E-state index in [0.717, 1.165) is 15.9 Å². The predicted octanol–water partition coefficient (Wildman–Crippen LogP) is 3.76. The Bertz CT molecular complexity index is 647. The summed E-state index contributed by atoms with van der Waals surface area (Å²) in [4.78, 5) is 3.44. The normalized spacial score (nSPS) is 11.1. The van der Waals surface area contributed by atoms with Crippen molar-refractivity contribution >= 4 is 15.9 Å². The fraction of sp³-hybridized carbons (Fsp3) is 0.412. The lowest BCUT2D eigenvalue weighted by Crippen LogP contribution is -2.18. The number of benzene rings is 1. The minimum atomic E-state index is 0.152. The number of aromatic nitrogens is 1. The minimum Gasteiger partial charge on any atom is -0.395 e. The van der Waals surface area contributed by atoms with Gasteiger partial charge in [-0.3, -0.25) is 0 Å². The SMILES string of the molecule is Cc1ccc(-c2c(CNCCO)[nH]c(C)c2Br)c(C)c1C. The van der Waals surface area contributed by atoms with Crippen LogP contribution in [-0.4, -0.2) is 23.2 Å². The van der Waals surface area contributed by atoms with Gasteiger partial charge in [-0.2, -0.15) is 0 Å². The van der Waals surface area contributed by atoms with E-state index < -0.39 is 0 Å². The molecule has 4 heteroatoms. The Hall–Kier alpha value is -1.10. The van der Waals surface area contributed by atoms with Gasteiger partial charge < -0.3 is 15.4 Å². The summed E-state index contributed by atoms with van der Waals surface area (Å²) in [5.41, 5.74) is 8.74. The lowest BCUT2D eigenvalue weighted by molar-refractivity contribution is 0.292. The van der Waals surface area contributed by atoms with Crippen LogP contribution in [0, 0.1) is 27.7 Å². The van der Waals surface area contributed by atoms with Crippen LogP contribution in [0.5, 0.6) is 0 Å². The van der Waals surface area contributed by atoms with Crippen LogP contribution in [-0.2, 0) is 6.54 Å². The molecule has 1 heterocycles. The van der Waals surface area contributed by atoms with Gasteiger partial charge in [0.15, 0.2) is 0 Å². The first-order valence-corrected chi connectivity index (χ1v) is 8.02. The first-order chi connectivity index (χ1) is 9.97. The average molecular weight is 351 g/mol. The summed E-state index contributed by atoms with van der Waals surface area (Å²) in [5.74, 6) is 0. The third-order valence-corrected chi connectivity index (χ3v) is 5.10. The van der Waals surface area contributed by atoms with Gasteiger partial charge in [-0.25, -0.2) is 0 Å². The molecule has 0 aliphatic heterocycles. The number of aliphatic hydroxyl groups excluding tert-OH is 1. The molecule has 114 valence electrons. The van der Waals surface area contributed by atoms with Gasteiger partial charge in [-0.1, -0.05) is 12.1 Å². The molecule has 3 nitrogen and oxygen atoms in total. The molecular formula is C17H23BrN2O. The van der Waals surface area contributed by atoms with Crippen LogP contribution in [0.2, 0.25) is 0 Å². The molecule has 1 aromatic carbocycles. The average Bonchev–Trinajstić information content (AvgIpc) is 2.73. The van der Waals surface area contributed by atoms with E-state index in [4.69, 9.17) is 5.11 Å². The Labute approximate surface area is 134 Å². The van der Waals surface area contributed by atoms with E-state index in [2.05, 4.69) is 66.1 Å². The van der Waals surface area contributed by atoms with Crippen LogP contribution in [0.25, 0.3) is 11.1 Å². The summed E-state index contributed by atoms with van der Waals surface area (Å²) in [7, 11) is 0. The Morgan fingerprint density at radius 1 is 1.14 bits per heavy atom. The Kier molecular flexibility index (Phi) is 5.25. The molecule has 0 bridgehead atoms. The largest absolute Gasteiger partial charge is 0.395 e. The number of aryl methyl sites for hydroxylation is 2. The van der Waals surface area contributed by atoms with Gasteiger partial charge in [0.2, 0.25) is 0 Å². The number of aliphatic hydroxyl groups is 1. The predicted molar refractivity (Wildman–Crippen MR) is 91.7 cm³/mol. The van der Waals surface area contributed by atoms with E-state index in [-0.39, 0.29) is 6.61 Å². The van der Waals surface area contributed by atoms with Crippen LogP contribution >= 0.6 is 15.9 Å². The molecule has 0 saturated heterocycles. The molecular weight excluding hydrogens is 328 g/mol. The second-order valence-corrected chi connectivity index (χ2v) is 6.29. The lowest BCUT2D eigenvalue weighted by atomic mass is 9.94. The number of nitrogens with one attached hydrogen (secondary N) is 2. The number of aromatic amines is 1. The van der Waals surface area contributed by atoms with Crippen LogP contribution in [0.3, 0.4) is 0 Å². The standard InChI is InChI=1S/C17H23BrN2O/c1-10-5-6-14(12(3)11(10)2)16-15(9-19-7-8-21)20-13(4)17(16)18/h5-6,19-21H,7-9H2,1-4H3. The molecule has 3 N–H and O–H groups in total. The van der Waals surface area contributed by atoms with Crippen LogP contribution in [0.15, 0.2) is 16.6 Å². The Morgan fingerprint density at radius 3 is 2.52 bits per heavy atom. The number of halogens is 1. The molecule has 0 spiro atoms. The molecule has 0 fully saturated rings. The van der Waals surface area contributed by atoms with Crippen molar-refractivity contribution in [2.24, 2.45) is 0 Å². The third-order valence-electron chi connectivity index (χ3n) is 4.11. The monoisotopic (exact) mass is 350 g/mol. The van der Waals surface area contributed by atoms with Crippen molar-refractivity contribution < 1.29 is 5.11 Å². The van der Waals surface area contributed by atoms with E-state index in [1.807, 2.05) is 0 Å². The van der Waals surface area contributed by atoms with E-state index >= 15 is 0 Å². The number of H-pyrrole nitrogens is 1. The summed E-state index contributed by atoms with van der Waals surface area (Å²) in [6.45, 7) is 10.0. The van der Waals surface area contributed by atoms with Gasteiger partial charge in [0.1, 0.15) is 0 Å². The molecule has 0 aliphatic rings. The highest BCUT2D eigenvalue weighted by atomic mass is 79.9. The maximum atomic E-state index is 8.92. The molecule has 0 unspecified atom stereocenters. The van der Waals surface area contributed by atoms with Gasteiger partial charge in [0.25, 0.3) is 0 Å². The fourth-order valence-corrected chi connectivity index (χ4v) is 3.15. The molecule has 0 atom stereocenters. The summed E-state index contributed by atoms with van der Waals surface area (Å²) in [6.07, 6.45) is 0. The zero-order valence-electron chi connectivity index (χ0n) is 13.1. The maximum Gasteiger partial charge on any atom is 0.0556 e. The maximum absolute atomic E-state index is 8.92. The molecule has 0 amide bonds. The summed E-state index contributed by atoms with van der Waals surface area (Å²) >= 11 is 3.72. The smallest absolute Gasteiger partial charge is 0.0556 e. The van der Waals surface area contributed by atoms with Crippen molar-refractivity contribution in [1.29, 1.82) is 0 Å². The number of rotatable bonds is 5. The summed E-state index contributed by atoms with van der Waals surface area (Å²) in [6, 6.07) is 4.37. The first kappa shape index (κ1) is 16.3. The number of hydrogen-bond acceptors (Lipinski definition) is 2. The molecule has 2 rings (SSSR count). The molecule has 21 heavy (non-hydrogen) atoms. The van der Waals surface area contributed by atoms with Gasteiger partial charge in [-0.15, -0.1) is 0 Å². The second-order valence-electron chi connectivity index (χ2n) is 5.50. The van der Waals surface area contributed by atoms with Crippen molar-refractivity contribution in [2.75, 3.05) is 13.2 Å². The van der Waals surface area contributed by atoms with E-state index in [9.17, 15) is 0 Å². The van der Waals surface area contributed by atoms with Crippen molar-refractivity contribution in [1.82, 2.24) is 10.3 Å². The quantitative estimate of drug-likeness (QED) is 0.719. The molecule has 0 saturated carbocycles. The summed E-state index contributed by atoms with van der Waals surface area (Å²) in [5, 5.41) is 12.2. The number of hydrogen-bond donors (Lipinski definition) is 3. The third kappa shape index (κ3) is 3.23. The van der Waals surface area contributed by atoms with Gasteiger partial charge in [0.05, 0.1) is 6.61 Å². The second kappa shape index (κ2) is 6.77. The zero-order chi connectivity index (χ0) is 15.6. The van der Waals surface area contributed by atoms with Crippen LogP contribution in [0.4, 0.5) is 0 Å². The highest BCUT2D eigenvalue weighted by Gasteiger charge is 2.17. The van der Waals surface area contributed by atoms with Crippen molar-refractivity contribution in [3.63, 3.8) is 0 Å². The first-order valence-electron chi connectivity index (χ1n) is 7.23. The van der Waals surface area contributed by atoms with E-state index in [1.54, 1.807) is 0 Å². The molecule has 0 radical (unpaired) electrons. The van der Waals surface area contributed by atoms with Crippen molar-refractivity contribution in [3.8, 4) is 11.1 Å². The van der Waals surface area contributed by atoms with Crippen LogP contribution in [0.1, 0.15) is 28.1 Å². The van der Waals surface area contributed by atoms with E-state index in [1.165, 1.54) is 27.8 Å². The highest BCUT2D eigenvalue weighted by molar-refractivity contribution is 9.10. The lowest BCUT2D eigenvalue weighted by Gasteiger charge is -2.13. The topological polar surface area (TPSA) is 48.0 Å². The van der Waals surface area contributed by atoms with Crippen molar-refractivity contribution in [2.45, 2.75) is 34.2 Å². The Balaban J connectivity index is 2.50. The fourth-order valence-electron chi connectivity index (χ4n) is 2.60. The molecule has 2 aromatic rings. The van der Waals surface area contributed by atoms with Gasteiger partial charge >= 0.3 is 0 Å². The Morgan fingerprint density at radius 2 is 1.86 bits per heavy atom. The van der Waals surface area contributed by atoms with Gasteiger partial charge in [-0.05, 0) is 65.9 Å². The van der Waals surface area contributed by atoms with E-state index in [0.29, 0.717) is 13.1 Å². The highest BCUT2D eigenvalue weighted by Crippen LogP contribution is 2.37.